The number of anilines is 1. The molecule has 2 atom stereocenters. The van der Waals surface area contributed by atoms with E-state index in [0.29, 0.717) is 11.3 Å². The lowest BCUT2D eigenvalue weighted by molar-refractivity contribution is 0.614. The van der Waals surface area contributed by atoms with Crippen LogP contribution in [0.3, 0.4) is 0 Å². The van der Waals surface area contributed by atoms with E-state index in [0.717, 1.165) is 10.2 Å². The van der Waals surface area contributed by atoms with Crippen molar-refractivity contribution in [3.05, 3.63) is 28.5 Å². The highest BCUT2D eigenvalue weighted by molar-refractivity contribution is 9.10. The van der Waals surface area contributed by atoms with Crippen molar-refractivity contribution in [1.82, 2.24) is 0 Å². The molecule has 16 heavy (non-hydrogen) atoms. The fraction of sp³-hybridized carbons (Fsp3) is 0.500. The van der Waals surface area contributed by atoms with Crippen molar-refractivity contribution in [2.24, 2.45) is 0 Å². The second-order valence-electron chi connectivity index (χ2n) is 4.09. The molecule has 0 bridgehead atoms. The van der Waals surface area contributed by atoms with Crippen molar-refractivity contribution in [2.45, 2.75) is 31.1 Å². The van der Waals surface area contributed by atoms with Gasteiger partial charge in [-0.15, -0.1) is 0 Å². The van der Waals surface area contributed by atoms with E-state index in [1.165, 1.54) is 30.7 Å². The fourth-order valence-electron chi connectivity index (χ4n) is 1.92. The molecular weight excluding hydrogens is 289 g/mol. The summed E-state index contributed by atoms with van der Waals surface area (Å²) in [6.45, 7) is 2.25. The Hall–Kier alpha value is -0.220. The van der Waals surface area contributed by atoms with Crippen LogP contribution in [0.15, 0.2) is 22.7 Å². The van der Waals surface area contributed by atoms with Gasteiger partial charge < -0.3 is 5.32 Å². The summed E-state index contributed by atoms with van der Waals surface area (Å²) >= 11 is 5.39. The zero-order chi connectivity index (χ0) is 11.5. The van der Waals surface area contributed by atoms with E-state index < -0.39 is 0 Å². The number of hydrogen-bond acceptors (Lipinski definition) is 2. The number of nitrogens with one attached hydrogen (secondary N) is 1. The zero-order valence-electron chi connectivity index (χ0n) is 9.17. The van der Waals surface area contributed by atoms with Gasteiger partial charge in [0.25, 0.3) is 0 Å². The summed E-state index contributed by atoms with van der Waals surface area (Å²) in [5.41, 5.74) is 0.987. The van der Waals surface area contributed by atoms with Gasteiger partial charge in [0.2, 0.25) is 0 Å². The number of benzene rings is 1. The SMILES string of the molecule is CC1SCCCC1Nc1ccc(F)cc1Br. The van der Waals surface area contributed by atoms with Crippen LogP contribution in [-0.2, 0) is 0 Å². The van der Waals surface area contributed by atoms with Gasteiger partial charge in [0, 0.05) is 21.5 Å². The predicted molar refractivity (Wildman–Crippen MR) is 72.7 cm³/mol. The molecule has 0 radical (unpaired) electrons. The number of halogens is 2. The van der Waals surface area contributed by atoms with Crippen LogP contribution in [0.4, 0.5) is 10.1 Å². The van der Waals surface area contributed by atoms with E-state index >= 15 is 0 Å². The van der Waals surface area contributed by atoms with Gasteiger partial charge in [0.1, 0.15) is 5.82 Å². The van der Waals surface area contributed by atoms with Gasteiger partial charge >= 0.3 is 0 Å². The van der Waals surface area contributed by atoms with E-state index in [4.69, 9.17) is 0 Å². The quantitative estimate of drug-likeness (QED) is 0.875. The molecule has 2 rings (SSSR count). The average molecular weight is 304 g/mol. The van der Waals surface area contributed by atoms with Crippen molar-refractivity contribution in [1.29, 1.82) is 0 Å². The molecule has 88 valence electrons. The van der Waals surface area contributed by atoms with Gasteiger partial charge in [-0.3, -0.25) is 0 Å². The Kier molecular flexibility index (Phi) is 4.14. The first-order valence-electron chi connectivity index (χ1n) is 5.50. The fourth-order valence-corrected chi connectivity index (χ4v) is 3.53. The lowest BCUT2D eigenvalue weighted by atomic mass is 10.1. The summed E-state index contributed by atoms with van der Waals surface area (Å²) in [6.07, 6.45) is 2.45. The molecule has 0 saturated carbocycles. The van der Waals surface area contributed by atoms with E-state index in [1.807, 2.05) is 11.8 Å². The van der Waals surface area contributed by atoms with Crippen LogP contribution in [-0.4, -0.2) is 17.0 Å². The molecule has 1 aliphatic heterocycles. The molecule has 0 aliphatic carbocycles. The molecular formula is C12H15BrFNS. The Bertz CT molecular complexity index is 372. The second-order valence-corrected chi connectivity index (χ2v) is 6.43. The summed E-state index contributed by atoms with van der Waals surface area (Å²) in [7, 11) is 0. The molecule has 0 aromatic heterocycles. The Morgan fingerprint density at radius 1 is 1.50 bits per heavy atom. The first-order chi connectivity index (χ1) is 7.66. The summed E-state index contributed by atoms with van der Waals surface area (Å²) in [5, 5.41) is 4.11. The van der Waals surface area contributed by atoms with Gasteiger partial charge in [-0.2, -0.15) is 11.8 Å². The van der Waals surface area contributed by atoms with Crippen LogP contribution in [0.1, 0.15) is 19.8 Å². The lowest BCUT2D eigenvalue weighted by Gasteiger charge is -2.30. The molecule has 1 aromatic carbocycles. The van der Waals surface area contributed by atoms with Crippen molar-refractivity contribution >= 4 is 33.4 Å². The summed E-state index contributed by atoms with van der Waals surface area (Å²) < 4.78 is 13.7. The largest absolute Gasteiger partial charge is 0.380 e. The first-order valence-corrected chi connectivity index (χ1v) is 7.34. The van der Waals surface area contributed by atoms with E-state index in [9.17, 15) is 4.39 Å². The highest BCUT2D eigenvalue weighted by atomic mass is 79.9. The van der Waals surface area contributed by atoms with Gasteiger partial charge in [-0.05, 0) is 52.7 Å². The van der Waals surface area contributed by atoms with E-state index in [1.54, 1.807) is 6.07 Å². The maximum atomic E-state index is 12.9. The maximum absolute atomic E-state index is 12.9. The minimum absolute atomic E-state index is 0.205. The molecule has 1 N–H and O–H groups in total. The lowest BCUT2D eigenvalue weighted by Crippen LogP contribution is -2.32. The highest BCUT2D eigenvalue weighted by Gasteiger charge is 2.21. The molecule has 1 fully saturated rings. The van der Waals surface area contributed by atoms with E-state index in [-0.39, 0.29) is 5.82 Å². The molecule has 1 aliphatic rings. The van der Waals surface area contributed by atoms with Crippen molar-refractivity contribution in [2.75, 3.05) is 11.1 Å². The van der Waals surface area contributed by atoms with Crippen LogP contribution < -0.4 is 5.32 Å². The Morgan fingerprint density at radius 2 is 2.31 bits per heavy atom. The molecule has 4 heteroatoms. The standard InChI is InChI=1S/C12H15BrFNS/c1-8-11(3-2-6-16-8)15-12-5-4-9(14)7-10(12)13/h4-5,7-8,11,15H,2-3,6H2,1H3. The Balaban J connectivity index is 2.07. The normalized spacial score (nSPS) is 25.4. The molecule has 1 aromatic rings. The average Bonchev–Trinajstić information content (AvgIpc) is 2.25. The van der Waals surface area contributed by atoms with Gasteiger partial charge in [-0.25, -0.2) is 4.39 Å². The van der Waals surface area contributed by atoms with Crippen LogP contribution in [0.2, 0.25) is 0 Å². The Morgan fingerprint density at radius 3 is 3.00 bits per heavy atom. The third-order valence-electron chi connectivity index (χ3n) is 2.88. The summed E-state index contributed by atoms with van der Waals surface area (Å²) in [4.78, 5) is 0. The predicted octanol–water partition coefficient (Wildman–Crippen LogP) is 4.28. The second kappa shape index (κ2) is 5.41. The van der Waals surface area contributed by atoms with Crippen LogP contribution in [0, 0.1) is 5.82 Å². The highest BCUT2D eigenvalue weighted by Crippen LogP contribution is 2.30. The number of rotatable bonds is 2. The first kappa shape index (κ1) is 12.2. The zero-order valence-corrected chi connectivity index (χ0v) is 11.6. The third kappa shape index (κ3) is 2.92. The van der Waals surface area contributed by atoms with Gasteiger partial charge in [-0.1, -0.05) is 6.92 Å². The Labute approximate surface area is 108 Å². The van der Waals surface area contributed by atoms with Crippen LogP contribution >= 0.6 is 27.7 Å². The van der Waals surface area contributed by atoms with Gasteiger partial charge in [0.05, 0.1) is 0 Å². The topological polar surface area (TPSA) is 12.0 Å². The molecule has 2 unspecified atom stereocenters. The van der Waals surface area contributed by atoms with Crippen molar-refractivity contribution in [3.8, 4) is 0 Å². The smallest absolute Gasteiger partial charge is 0.124 e. The van der Waals surface area contributed by atoms with Crippen molar-refractivity contribution in [3.63, 3.8) is 0 Å². The monoisotopic (exact) mass is 303 g/mol. The molecule has 1 heterocycles. The van der Waals surface area contributed by atoms with Gasteiger partial charge in [0.15, 0.2) is 0 Å². The summed E-state index contributed by atoms with van der Waals surface area (Å²) in [6, 6.07) is 5.28. The minimum atomic E-state index is -0.205. The van der Waals surface area contributed by atoms with Crippen LogP contribution in [0.5, 0.6) is 0 Å². The van der Waals surface area contributed by atoms with E-state index in [2.05, 4.69) is 28.2 Å². The molecule has 0 amide bonds. The number of hydrogen-bond donors (Lipinski definition) is 1. The molecule has 0 spiro atoms. The molecule has 1 saturated heterocycles. The minimum Gasteiger partial charge on any atom is -0.380 e. The van der Waals surface area contributed by atoms with Crippen molar-refractivity contribution < 1.29 is 4.39 Å². The third-order valence-corrected chi connectivity index (χ3v) is 4.91. The maximum Gasteiger partial charge on any atom is 0.124 e. The number of thioether (sulfide) groups is 1. The van der Waals surface area contributed by atoms with Crippen LogP contribution in [0.25, 0.3) is 0 Å². The summed E-state index contributed by atoms with van der Waals surface area (Å²) in [5.74, 6) is 1.05. The molecule has 1 nitrogen and oxygen atoms in total.